The molecule has 0 aromatic heterocycles. The fraction of sp³-hybridized carbons (Fsp3) is 0.278. The predicted molar refractivity (Wildman–Crippen MR) is 97.3 cm³/mol. The lowest BCUT2D eigenvalue weighted by molar-refractivity contribution is 0.0937. The highest BCUT2D eigenvalue weighted by molar-refractivity contribution is 7.92. The lowest BCUT2D eigenvalue weighted by Gasteiger charge is -2.23. The van der Waals surface area contributed by atoms with Crippen LogP contribution in [0.3, 0.4) is 0 Å². The SMILES string of the molecule is CCN(c1ccc(C(=O)NCCOC)cc1)S(=O)(=O)c1ccccc1. The molecule has 134 valence electrons. The predicted octanol–water partition coefficient (Wildman–Crippen LogP) is 2.28. The Balaban J connectivity index is 2.20. The Morgan fingerprint density at radius 3 is 2.28 bits per heavy atom. The van der Waals surface area contributed by atoms with Gasteiger partial charge in [0.2, 0.25) is 0 Å². The van der Waals surface area contributed by atoms with Crippen LogP contribution in [0.1, 0.15) is 17.3 Å². The molecule has 2 aromatic rings. The number of nitrogens with one attached hydrogen (secondary N) is 1. The van der Waals surface area contributed by atoms with Crippen LogP contribution >= 0.6 is 0 Å². The van der Waals surface area contributed by atoms with Crippen LogP contribution in [0.5, 0.6) is 0 Å². The van der Waals surface area contributed by atoms with Crippen molar-refractivity contribution < 1.29 is 17.9 Å². The zero-order valence-electron chi connectivity index (χ0n) is 14.3. The standard InChI is InChI=1S/C18H22N2O4S/c1-3-20(25(22,23)17-7-5-4-6-8-17)16-11-9-15(10-12-16)18(21)19-13-14-24-2/h4-12H,3,13-14H2,1-2H3,(H,19,21). The molecule has 0 spiro atoms. The van der Waals surface area contributed by atoms with Crippen molar-refractivity contribution >= 4 is 21.6 Å². The molecular formula is C18H22N2O4S. The summed E-state index contributed by atoms with van der Waals surface area (Å²) in [4.78, 5) is 12.2. The number of anilines is 1. The van der Waals surface area contributed by atoms with Crippen LogP contribution in [0, 0.1) is 0 Å². The summed E-state index contributed by atoms with van der Waals surface area (Å²) in [7, 11) is -2.08. The highest BCUT2D eigenvalue weighted by atomic mass is 32.2. The van der Waals surface area contributed by atoms with E-state index in [0.717, 1.165) is 0 Å². The van der Waals surface area contributed by atoms with Gasteiger partial charge in [0.1, 0.15) is 0 Å². The van der Waals surface area contributed by atoms with Crippen LogP contribution in [0.15, 0.2) is 59.5 Å². The lowest BCUT2D eigenvalue weighted by atomic mass is 10.2. The van der Waals surface area contributed by atoms with E-state index in [1.165, 1.54) is 4.31 Å². The molecule has 0 bridgehead atoms. The highest BCUT2D eigenvalue weighted by Crippen LogP contribution is 2.23. The number of hydrogen-bond donors (Lipinski definition) is 1. The van der Waals surface area contributed by atoms with Gasteiger partial charge in [0.15, 0.2) is 0 Å². The number of ether oxygens (including phenoxy) is 1. The summed E-state index contributed by atoms with van der Waals surface area (Å²) < 4.78 is 31.8. The molecule has 2 rings (SSSR count). The monoisotopic (exact) mass is 362 g/mol. The average molecular weight is 362 g/mol. The first-order valence-corrected chi connectivity index (χ1v) is 9.39. The van der Waals surface area contributed by atoms with Crippen molar-refractivity contribution in [2.45, 2.75) is 11.8 Å². The number of rotatable bonds is 8. The van der Waals surface area contributed by atoms with Gasteiger partial charge in [-0.2, -0.15) is 0 Å². The lowest BCUT2D eigenvalue weighted by Crippen LogP contribution is -2.31. The quantitative estimate of drug-likeness (QED) is 0.731. The van der Waals surface area contributed by atoms with E-state index in [0.29, 0.717) is 24.4 Å². The van der Waals surface area contributed by atoms with Crippen molar-refractivity contribution in [2.24, 2.45) is 0 Å². The van der Waals surface area contributed by atoms with Crippen molar-refractivity contribution in [1.82, 2.24) is 5.32 Å². The average Bonchev–Trinajstić information content (AvgIpc) is 2.63. The van der Waals surface area contributed by atoms with Crippen molar-refractivity contribution in [2.75, 3.05) is 31.1 Å². The summed E-state index contributed by atoms with van der Waals surface area (Å²) in [6.07, 6.45) is 0. The Bertz CT molecular complexity index is 790. The van der Waals surface area contributed by atoms with E-state index in [1.807, 2.05) is 0 Å². The van der Waals surface area contributed by atoms with Gasteiger partial charge in [0, 0.05) is 25.8 Å². The number of methoxy groups -OCH3 is 1. The van der Waals surface area contributed by atoms with E-state index < -0.39 is 10.0 Å². The number of nitrogens with zero attached hydrogens (tertiary/aromatic N) is 1. The summed E-state index contributed by atoms with van der Waals surface area (Å²) in [6, 6.07) is 14.8. The molecule has 0 saturated heterocycles. The summed E-state index contributed by atoms with van der Waals surface area (Å²) in [6.45, 7) is 2.91. The van der Waals surface area contributed by atoms with Crippen LogP contribution in [0.4, 0.5) is 5.69 Å². The number of carbonyl (C=O) groups excluding carboxylic acids is 1. The first-order valence-electron chi connectivity index (χ1n) is 7.95. The minimum Gasteiger partial charge on any atom is -0.383 e. The summed E-state index contributed by atoms with van der Waals surface area (Å²) in [5.41, 5.74) is 0.979. The van der Waals surface area contributed by atoms with E-state index in [9.17, 15) is 13.2 Å². The molecule has 25 heavy (non-hydrogen) atoms. The second-order valence-electron chi connectivity index (χ2n) is 5.28. The highest BCUT2D eigenvalue weighted by Gasteiger charge is 2.23. The number of carbonyl (C=O) groups is 1. The maximum Gasteiger partial charge on any atom is 0.264 e. The molecule has 7 heteroatoms. The van der Waals surface area contributed by atoms with E-state index in [4.69, 9.17) is 4.74 Å². The van der Waals surface area contributed by atoms with Crippen molar-refractivity contribution in [3.05, 3.63) is 60.2 Å². The van der Waals surface area contributed by atoms with E-state index in [1.54, 1.807) is 68.6 Å². The molecule has 0 aliphatic carbocycles. The minimum absolute atomic E-state index is 0.224. The van der Waals surface area contributed by atoms with Crippen molar-refractivity contribution in [1.29, 1.82) is 0 Å². The first-order chi connectivity index (χ1) is 12.0. The molecule has 0 atom stereocenters. The first kappa shape index (κ1) is 19.0. The van der Waals surface area contributed by atoms with E-state index >= 15 is 0 Å². The zero-order valence-corrected chi connectivity index (χ0v) is 15.1. The molecule has 0 saturated carbocycles. The van der Waals surface area contributed by atoms with Crippen LogP contribution in [0.2, 0.25) is 0 Å². The molecule has 0 aliphatic heterocycles. The summed E-state index contributed by atoms with van der Waals surface area (Å²) in [5, 5.41) is 2.72. The van der Waals surface area contributed by atoms with Crippen molar-refractivity contribution in [3.63, 3.8) is 0 Å². The molecule has 0 radical (unpaired) electrons. The Hall–Kier alpha value is -2.38. The molecule has 1 N–H and O–H groups in total. The van der Waals surface area contributed by atoms with Gasteiger partial charge in [-0.1, -0.05) is 18.2 Å². The molecule has 2 aromatic carbocycles. The second kappa shape index (κ2) is 8.64. The van der Waals surface area contributed by atoms with E-state index in [-0.39, 0.29) is 17.3 Å². The minimum atomic E-state index is -3.64. The molecule has 1 amide bonds. The van der Waals surface area contributed by atoms with Gasteiger partial charge in [0.05, 0.1) is 17.2 Å². The molecule has 0 aliphatic rings. The molecular weight excluding hydrogens is 340 g/mol. The van der Waals surface area contributed by atoms with Gasteiger partial charge >= 0.3 is 0 Å². The normalized spacial score (nSPS) is 11.1. The van der Waals surface area contributed by atoms with Gasteiger partial charge in [0.25, 0.3) is 15.9 Å². The Kier molecular flexibility index (Phi) is 6.55. The van der Waals surface area contributed by atoms with Gasteiger partial charge in [-0.3, -0.25) is 9.10 Å². The maximum atomic E-state index is 12.8. The molecule has 0 heterocycles. The molecule has 6 nitrogen and oxygen atoms in total. The third-order valence-electron chi connectivity index (χ3n) is 3.63. The topological polar surface area (TPSA) is 75.7 Å². The smallest absolute Gasteiger partial charge is 0.264 e. The van der Waals surface area contributed by atoms with Gasteiger partial charge in [-0.25, -0.2) is 8.42 Å². The van der Waals surface area contributed by atoms with Gasteiger partial charge in [-0.15, -0.1) is 0 Å². The Morgan fingerprint density at radius 1 is 1.08 bits per heavy atom. The van der Waals surface area contributed by atoms with Gasteiger partial charge < -0.3 is 10.1 Å². The van der Waals surface area contributed by atoms with Crippen LogP contribution in [0.25, 0.3) is 0 Å². The van der Waals surface area contributed by atoms with Crippen LogP contribution in [-0.4, -0.2) is 41.1 Å². The second-order valence-corrected chi connectivity index (χ2v) is 7.14. The molecule has 0 unspecified atom stereocenters. The maximum absolute atomic E-state index is 12.8. The third kappa shape index (κ3) is 4.58. The number of benzene rings is 2. The number of amides is 1. The summed E-state index contributed by atoms with van der Waals surface area (Å²) in [5.74, 6) is -0.224. The Labute approximate surface area is 148 Å². The fourth-order valence-corrected chi connectivity index (χ4v) is 3.85. The van der Waals surface area contributed by atoms with Crippen molar-refractivity contribution in [3.8, 4) is 0 Å². The fourth-order valence-electron chi connectivity index (χ4n) is 2.36. The van der Waals surface area contributed by atoms with E-state index in [2.05, 4.69) is 5.32 Å². The van der Waals surface area contributed by atoms with Crippen LogP contribution < -0.4 is 9.62 Å². The number of hydrogen-bond acceptors (Lipinski definition) is 4. The Morgan fingerprint density at radius 2 is 1.72 bits per heavy atom. The largest absolute Gasteiger partial charge is 0.383 e. The van der Waals surface area contributed by atoms with Crippen LogP contribution in [-0.2, 0) is 14.8 Å². The zero-order chi connectivity index (χ0) is 18.3. The summed E-state index contributed by atoms with van der Waals surface area (Å²) >= 11 is 0. The number of sulfonamides is 1. The van der Waals surface area contributed by atoms with Gasteiger partial charge in [-0.05, 0) is 43.3 Å². The molecule has 0 fully saturated rings. The third-order valence-corrected chi connectivity index (χ3v) is 5.54.